The number of allylic oxidation sites excluding steroid dienone is 3. The molecule has 1 heterocycles. The molecule has 2 atom stereocenters. The molecule has 1 fully saturated rings. The van der Waals surface area contributed by atoms with Crippen LogP contribution in [0.25, 0.3) is 0 Å². The van der Waals surface area contributed by atoms with E-state index < -0.39 is 0 Å². The Hall–Kier alpha value is -1.45. The SMILES string of the molecule is C=C(C)C1CC(=O)C(C)=C(N2CCC[C@@H](Oc3cc(Cl)cc(Cl)c3)C2)C1. The molecule has 0 radical (unpaired) electrons. The number of nitrogens with zero attached hydrogens (tertiary/aromatic N) is 1. The monoisotopic (exact) mass is 393 g/mol. The maximum Gasteiger partial charge on any atom is 0.160 e. The van der Waals surface area contributed by atoms with Gasteiger partial charge in [-0.05, 0) is 57.2 Å². The van der Waals surface area contributed by atoms with Crippen LogP contribution in [-0.2, 0) is 4.79 Å². The van der Waals surface area contributed by atoms with Gasteiger partial charge in [-0.1, -0.05) is 35.4 Å². The molecular weight excluding hydrogens is 369 g/mol. The molecule has 3 rings (SSSR count). The Morgan fingerprint density at radius 2 is 1.92 bits per heavy atom. The van der Waals surface area contributed by atoms with E-state index in [0.717, 1.165) is 49.2 Å². The number of likely N-dealkylation sites (tertiary alicyclic amines) is 1. The van der Waals surface area contributed by atoms with Crippen molar-refractivity contribution >= 4 is 29.0 Å². The average Bonchev–Trinajstić information content (AvgIpc) is 2.56. The van der Waals surface area contributed by atoms with E-state index in [1.54, 1.807) is 18.2 Å². The smallest absolute Gasteiger partial charge is 0.160 e. The van der Waals surface area contributed by atoms with E-state index in [1.807, 2.05) is 13.8 Å². The van der Waals surface area contributed by atoms with Gasteiger partial charge in [0, 0.05) is 34.3 Å². The predicted molar refractivity (Wildman–Crippen MR) is 107 cm³/mol. The summed E-state index contributed by atoms with van der Waals surface area (Å²) in [6.45, 7) is 9.76. The lowest BCUT2D eigenvalue weighted by Crippen LogP contribution is -2.42. The molecular formula is C21H25Cl2NO2. The average molecular weight is 394 g/mol. The van der Waals surface area contributed by atoms with Crippen molar-refractivity contribution in [3.05, 3.63) is 51.7 Å². The van der Waals surface area contributed by atoms with Gasteiger partial charge in [0.25, 0.3) is 0 Å². The van der Waals surface area contributed by atoms with Gasteiger partial charge in [0.2, 0.25) is 0 Å². The largest absolute Gasteiger partial charge is 0.488 e. The van der Waals surface area contributed by atoms with Crippen molar-refractivity contribution in [2.45, 2.75) is 45.6 Å². The molecule has 0 aromatic heterocycles. The lowest BCUT2D eigenvalue weighted by molar-refractivity contribution is -0.117. The Balaban J connectivity index is 1.74. The molecule has 1 aliphatic carbocycles. The number of halogens is 2. The molecule has 1 saturated heterocycles. The molecule has 0 bridgehead atoms. The maximum absolute atomic E-state index is 12.4. The van der Waals surface area contributed by atoms with Crippen LogP contribution in [-0.4, -0.2) is 29.9 Å². The van der Waals surface area contributed by atoms with E-state index in [9.17, 15) is 4.79 Å². The number of benzene rings is 1. The van der Waals surface area contributed by atoms with Crippen LogP contribution in [0.3, 0.4) is 0 Å². The van der Waals surface area contributed by atoms with Crippen molar-refractivity contribution in [2.24, 2.45) is 5.92 Å². The van der Waals surface area contributed by atoms with Gasteiger partial charge in [-0.15, -0.1) is 0 Å². The third kappa shape index (κ3) is 4.44. The first kappa shape index (κ1) is 19.3. The summed E-state index contributed by atoms with van der Waals surface area (Å²) in [5, 5.41) is 1.14. The van der Waals surface area contributed by atoms with Gasteiger partial charge < -0.3 is 9.64 Å². The van der Waals surface area contributed by atoms with Gasteiger partial charge in [0.1, 0.15) is 11.9 Å². The Morgan fingerprint density at radius 3 is 2.58 bits per heavy atom. The maximum atomic E-state index is 12.4. The van der Waals surface area contributed by atoms with Crippen molar-refractivity contribution < 1.29 is 9.53 Å². The number of Topliss-reactive ketones (excluding diaryl/α,β-unsaturated/α-hetero) is 1. The van der Waals surface area contributed by atoms with E-state index in [4.69, 9.17) is 27.9 Å². The van der Waals surface area contributed by atoms with Gasteiger partial charge in [0.15, 0.2) is 5.78 Å². The summed E-state index contributed by atoms with van der Waals surface area (Å²) in [5.74, 6) is 1.18. The topological polar surface area (TPSA) is 29.5 Å². The minimum atomic E-state index is 0.0545. The zero-order valence-electron chi connectivity index (χ0n) is 15.4. The summed E-state index contributed by atoms with van der Waals surface area (Å²) in [5.41, 5.74) is 3.14. The number of ketones is 1. The fraction of sp³-hybridized carbons (Fsp3) is 0.476. The molecule has 0 saturated carbocycles. The fourth-order valence-corrected chi connectivity index (χ4v) is 4.29. The molecule has 0 N–H and O–H groups in total. The third-order valence-electron chi connectivity index (χ3n) is 5.32. The van der Waals surface area contributed by atoms with Gasteiger partial charge in [-0.2, -0.15) is 0 Å². The summed E-state index contributed by atoms with van der Waals surface area (Å²) in [7, 11) is 0. The first-order valence-electron chi connectivity index (χ1n) is 9.09. The molecule has 1 unspecified atom stereocenters. The quantitative estimate of drug-likeness (QED) is 0.617. The van der Waals surface area contributed by atoms with Gasteiger partial charge in [-0.25, -0.2) is 0 Å². The standard InChI is InChI=1S/C21H25Cl2NO2/c1-13(2)15-7-20(14(3)21(25)8-15)24-6-4-5-18(12-24)26-19-10-16(22)9-17(23)11-19/h9-11,15,18H,1,4-8,12H2,2-3H3/t15?,18-/m1/s1. The van der Waals surface area contributed by atoms with Crippen LogP contribution in [0.2, 0.25) is 10.0 Å². The van der Waals surface area contributed by atoms with E-state index in [2.05, 4.69) is 11.5 Å². The molecule has 1 aliphatic heterocycles. The predicted octanol–water partition coefficient (Wildman–Crippen LogP) is 5.67. The summed E-state index contributed by atoms with van der Waals surface area (Å²) in [4.78, 5) is 14.7. The highest BCUT2D eigenvalue weighted by Crippen LogP contribution is 2.35. The van der Waals surface area contributed by atoms with Crippen LogP contribution in [0.15, 0.2) is 41.6 Å². The van der Waals surface area contributed by atoms with Crippen molar-refractivity contribution in [1.82, 2.24) is 4.90 Å². The summed E-state index contributed by atoms with van der Waals surface area (Å²) in [6, 6.07) is 5.28. The van der Waals surface area contributed by atoms with Crippen molar-refractivity contribution in [3.8, 4) is 5.75 Å². The zero-order chi connectivity index (χ0) is 18.8. The highest BCUT2D eigenvalue weighted by atomic mass is 35.5. The molecule has 140 valence electrons. The number of hydrogen-bond donors (Lipinski definition) is 0. The molecule has 0 amide bonds. The van der Waals surface area contributed by atoms with Crippen LogP contribution < -0.4 is 4.74 Å². The van der Waals surface area contributed by atoms with Crippen LogP contribution in [0.4, 0.5) is 0 Å². The second-order valence-corrected chi connectivity index (χ2v) is 8.25. The molecule has 26 heavy (non-hydrogen) atoms. The second-order valence-electron chi connectivity index (χ2n) is 7.38. The number of ether oxygens (including phenoxy) is 1. The zero-order valence-corrected chi connectivity index (χ0v) is 16.9. The van der Waals surface area contributed by atoms with Gasteiger partial charge >= 0.3 is 0 Å². The number of rotatable bonds is 4. The minimum absolute atomic E-state index is 0.0545. The van der Waals surface area contributed by atoms with Crippen LogP contribution >= 0.6 is 23.2 Å². The molecule has 1 aromatic carbocycles. The Labute approximate surface area is 165 Å². The number of hydrogen-bond acceptors (Lipinski definition) is 3. The molecule has 1 aromatic rings. The van der Waals surface area contributed by atoms with Crippen LogP contribution in [0, 0.1) is 5.92 Å². The lowest BCUT2D eigenvalue weighted by Gasteiger charge is -2.39. The first-order chi connectivity index (χ1) is 12.3. The van der Waals surface area contributed by atoms with Crippen LogP contribution in [0.1, 0.15) is 39.5 Å². The lowest BCUT2D eigenvalue weighted by atomic mass is 9.82. The van der Waals surface area contributed by atoms with Crippen LogP contribution in [0.5, 0.6) is 5.75 Å². The Kier molecular flexibility index (Phi) is 5.99. The number of piperidine rings is 1. The highest BCUT2D eigenvalue weighted by Gasteiger charge is 2.31. The number of carbonyl (C=O) groups excluding carboxylic acids is 1. The molecule has 0 spiro atoms. The third-order valence-corrected chi connectivity index (χ3v) is 5.75. The summed E-state index contributed by atoms with van der Waals surface area (Å²) >= 11 is 12.1. The fourth-order valence-electron chi connectivity index (χ4n) is 3.78. The van der Waals surface area contributed by atoms with Gasteiger partial charge in [-0.3, -0.25) is 4.79 Å². The Morgan fingerprint density at radius 1 is 1.23 bits per heavy atom. The minimum Gasteiger partial charge on any atom is -0.488 e. The molecule has 2 aliphatic rings. The molecule has 5 heteroatoms. The van der Waals surface area contributed by atoms with Crippen molar-refractivity contribution in [1.29, 1.82) is 0 Å². The summed E-state index contributed by atoms with van der Waals surface area (Å²) in [6.07, 6.45) is 3.54. The van der Waals surface area contributed by atoms with E-state index >= 15 is 0 Å². The second kappa shape index (κ2) is 8.06. The Bertz CT molecular complexity index is 736. The highest BCUT2D eigenvalue weighted by molar-refractivity contribution is 6.34. The van der Waals surface area contributed by atoms with E-state index in [-0.39, 0.29) is 17.8 Å². The van der Waals surface area contributed by atoms with Gasteiger partial charge in [0.05, 0.1) is 6.54 Å². The van der Waals surface area contributed by atoms with Crippen molar-refractivity contribution in [3.63, 3.8) is 0 Å². The van der Waals surface area contributed by atoms with Crippen molar-refractivity contribution in [2.75, 3.05) is 13.1 Å². The first-order valence-corrected chi connectivity index (χ1v) is 9.85. The normalized spacial score (nSPS) is 24.0. The number of carbonyl (C=O) groups is 1. The van der Waals surface area contributed by atoms with E-state index in [0.29, 0.717) is 22.2 Å². The van der Waals surface area contributed by atoms with E-state index in [1.165, 1.54) is 0 Å². The summed E-state index contributed by atoms with van der Waals surface area (Å²) < 4.78 is 6.14. The molecule has 3 nitrogen and oxygen atoms in total.